The van der Waals surface area contributed by atoms with Gasteiger partial charge in [-0.25, -0.2) is 9.59 Å². The summed E-state index contributed by atoms with van der Waals surface area (Å²) >= 11 is 6.27. The summed E-state index contributed by atoms with van der Waals surface area (Å²) in [5.41, 5.74) is 3.22. The molecule has 312 valence electrons. The van der Waals surface area contributed by atoms with Gasteiger partial charge in [0.2, 0.25) is 17.6 Å². The number of nitrogens with one attached hydrogen (secondary N) is 5. The highest BCUT2D eigenvalue weighted by molar-refractivity contribution is 6.38. The zero-order chi connectivity index (χ0) is 41.6. The molecule has 2 saturated heterocycles. The fraction of sp³-hybridized carbons (Fsp3) is 0.524. The minimum atomic E-state index is -1.15. The summed E-state index contributed by atoms with van der Waals surface area (Å²) in [6.07, 6.45) is 4.75. The van der Waals surface area contributed by atoms with Gasteiger partial charge in [-0.3, -0.25) is 29.5 Å². The maximum Gasteiger partial charge on any atom is 0.410 e. The number of carbonyl (C=O) groups excluding carboxylic acids is 6. The van der Waals surface area contributed by atoms with E-state index in [1.165, 1.54) is 4.90 Å². The van der Waals surface area contributed by atoms with Gasteiger partial charge in [0.15, 0.2) is 0 Å². The van der Waals surface area contributed by atoms with E-state index in [0.717, 1.165) is 24.0 Å². The van der Waals surface area contributed by atoms with E-state index in [-0.39, 0.29) is 38.1 Å². The molecule has 6 amide bonds. The Morgan fingerprint density at radius 3 is 2.31 bits per heavy atom. The Morgan fingerprint density at radius 2 is 1.66 bits per heavy atom. The summed E-state index contributed by atoms with van der Waals surface area (Å²) in [6.45, 7) is 8.18. The molecule has 3 heterocycles. The van der Waals surface area contributed by atoms with Crippen molar-refractivity contribution in [1.29, 1.82) is 0 Å². The Kier molecular flexibility index (Phi) is 13.3. The quantitative estimate of drug-likeness (QED) is 0.185. The lowest BCUT2D eigenvalue weighted by Crippen LogP contribution is -2.61. The maximum absolute atomic E-state index is 14.7. The third kappa shape index (κ3) is 10.7. The van der Waals surface area contributed by atoms with Crippen molar-refractivity contribution in [1.82, 2.24) is 36.5 Å². The second-order valence-electron chi connectivity index (χ2n) is 16.7. The molecule has 2 aromatic rings. The lowest BCUT2D eigenvalue weighted by molar-refractivity contribution is -0.144. The first-order chi connectivity index (χ1) is 27.6. The number of carbonyl (C=O) groups is 6. The number of nitrogens with zero attached hydrogens (tertiary/aromatic N) is 2. The number of rotatable bonds is 13. The van der Waals surface area contributed by atoms with Crippen LogP contribution >= 0.6 is 11.6 Å². The Hall–Kier alpha value is -5.15. The minimum Gasteiger partial charge on any atom is -0.445 e. The van der Waals surface area contributed by atoms with Gasteiger partial charge >= 0.3 is 12.1 Å². The van der Waals surface area contributed by atoms with Gasteiger partial charge in [0.1, 0.15) is 24.3 Å². The molecule has 0 radical (unpaired) electrons. The van der Waals surface area contributed by atoms with Crippen LogP contribution in [0.15, 0.2) is 60.7 Å². The molecule has 58 heavy (non-hydrogen) atoms. The average molecular weight is 820 g/mol. The summed E-state index contributed by atoms with van der Waals surface area (Å²) in [7, 11) is 0. The Bertz CT molecular complexity index is 1890. The van der Waals surface area contributed by atoms with Crippen LogP contribution in [0.25, 0.3) is 5.70 Å². The topological polar surface area (TPSA) is 188 Å². The molecule has 3 aliphatic heterocycles. The number of Topliss-reactive ketones (excluding diaryl/α,β-unsaturated/α-hetero) is 1. The van der Waals surface area contributed by atoms with Gasteiger partial charge in [-0.15, -0.1) is 0 Å². The normalized spacial score (nSPS) is 21.7. The highest BCUT2D eigenvalue weighted by Crippen LogP contribution is 2.39. The van der Waals surface area contributed by atoms with Crippen molar-refractivity contribution in [2.24, 2.45) is 5.41 Å². The van der Waals surface area contributed by atoms with Crippen LogP contribution in [0.5, 0.6) is 0 Å². The molecular weight excluding hydrogens is 766 g/mol. The van der Waals surface area contributed by atoms with Crippen LogP contribution in [-0.2, 0) is 35.4 Å². The van der Waals surface area contributed by atoms with Gasteiger partial charge in [-0.1, -0.05) is 88.2 Å². The van der Waals surface area contributed by atoms with Gasteiger partial charge in [-0.2, -0.15) is 0 Å². The number of ether oxygens (including phenoxy) is 1. The highest BCUT2D eigenvalue weighted by Gasteiger charge is 2.54. The SMILES string of the molecule is CCC[C@H](NC(=O)[C@@H]1C[C@]2(C=C(c3cccc(Cl)c3)NO2)CN1C(=O)[C@@H](NC(=O)NC1CCN(C(=O)OCc2ccccc2)CC1)C(C)(C)C)C(=O)C(=O)NC1CC1. The lowest BCUT2D eigenvalue weighted by Gasteiger charge is -2.36. The second kappa shape index (κ2) is 18.2. The van der Waals surface area contributed by atoms with Crippen LogP contribution in [0.3, 0.4) is 0 Å². The second-order valence-corrected chi connectivity index (χ2v) is 17.1. The van der Waals surface area contributed by atoms with E-state index in [9.17, 15) is 28.8 Å². The van der Waals surface area contributed by atoms with Crippen molar-refractivity contribution < 1.29 is 38.3 Å². The third-order valence-corrected chi connectivity index (χ3v) is 11.1. The molecule has 1 spiro atoms. The number of benzene rings is 2. The summed E-state index contributed by atoms with van der Waals surface area (Å²) in [6, 6.07) is 12.4. The molecule has 15 nitrogen and oxygen atoms in total. The summed E-state index contributed by atoms with van der Waals surface area (Å²) < 4.78 is 5.47. The number of piperidine rings is 1. The molecule has 6 rings (SSSR count). The number of hydroxylamine groups is 1. The molecule has 4 aliphatic rings. The van der Waals surface area contributed by atoms with Gasteiger partial charge < -0.3 is 35.8 Å². The summed E-state index contributed by atoms with van der Waals surface area (Å²) in [5, 5.41) is 11.8. The fourth-order valence-electron chi connectivity index (χ4n) is 7.48. The number of amides is 6. The van der Waals surface area contributed by atoms with Crippen LogP contribution in [0.1, 0.15) is 83.8 Å². The third-order valence-electron chi connectivity index (χ3n) is 10.9. The van der Waals surface area contributed by atoms with E-state index < -0.39 is 64.8 Å². The average Bonchev–Trinajstić information content (AvgIpc) is 3.79. The molecule has 1 aliphatic carbocycles. The van der Waals surface area contributed by atoms with Gasteiger partial charge in [0.05, 0.1) is 18.3 Å². The van der Waals surface area contributed by atoms with E-state index >= 15 is 0 Å². The van der Waals surface area contributed by atoms with Gasteiger partial charge in [0.25, 0.3) is 5.91 Å². The smallest absolute Gasteiger partial charge is 0.410 e. The van der Waals surface area contributed by atoms with Crippen molar-refractivity contribution in [2.45, 2.75) is 115 Å². The van der Waals surface area contributed by atoms with Crippen LogP contribution in [-0.4, -0.2) is 101 Å². The molecule has 0 bridgehead atoms. The van der Waals surface area contributed by atoms with E-state index in [0.29, 0.717) is 43.1 Å². The van der Waals surface area contributed by atoms with Gasteiger partial charge in [-0.05, 0) is 61.3 Å². The molecule has 5 N–H and O–H groups in total. The fourth-order valence-corrected chi connectivity index (χ4v) is 7.67. The van der Waals surface area contributed by atoms with Crippen LogP contribution in [0, 0.1) is 5.41 Å². The van der Waals surface area contributed by atoms with E-state index in [2.05, 4.69) is 26.7 Å². The first-order valence-corrected chi connectivity index (χ1v) is 20.4. The largest absolute Gasteiger partial charge is 0.445 e. The van der Waals surface area contributed by atoms with Gasteiger partial charge in [0, 0.05) is 42.2 Å². The zero-order valence-electron chi connectivity index (χ0n) is 33.5. The molecule has 0 unspecified atom stereocenters. The van der Waals surface area contributed by atoms with E-state index in [1.54, 1.807) is 23.1 Å². The number of hydrogen-bond donors (Lipinski definition) is 5. The van der Waals surface area contributed by atoms with E-state index in [4.69, 9.17) is 21.2 Å². The first-order valence-electron chi connectivity index (χ1n) is 20.1. The monoisotopic (exact) mass is 819 g/mol. The minimum absolute atomic E-state index is 0.0262. The maximum atomic E-state index is 14.7. The lowest BCUT2D eigenvalue weighted by atomic mass is 9.85. The number of urea groups is 1. The number of hydrogen-bond acceptors (Lipinski definition) is 9. The molecule has 4 atom stereocenters. The van der Waals surface area contributed by atoms with Crippen molar-refractivity contribution in [3.05, 3.63) is 76.8 Å². The van der Waals surface area contributed by atoms with Crippen molar-refractivity contribution >= 4 is 52.9 Å². The van der Waals surface area contributed by atoms with Crippen LogP contribution < -0.4 is 26.7 Å². The first kappa shape index (κ1) is 42.5. The standard InChI is InChI=1S/C42H54ClN7O8/c1-5-10-31(34(51)37(53)44-29-15-16-29)46-36(52)33-23-42(22-32(48-58-42)27-13-9-14-28(43)21-27)25-50(33)38(54)35(41(2,3)4)47-39(55)45-30-17-19-49(20-18-30)40(56)57-24-26-11-7-6-8-12-26/h6-9,11-14,21-22,29-31,33,35,48H,5,10,15-20,23-25H2,1-4H3,(H,44,53)(H,46,52)(H2,45,47,55)/t31-,33-,35+,42+/m0/s1. The van der Waals surface area contributed by atoms with Crippen LogP contribution in [0.2, 0.25) is 5.02 Å². The number of halogens is 1. The Balaban J connectivity index is 1.15. The number of ketones is 1. The molecule has 0 aromatic heterocycles. The highest BCUT2D eigenvalue weighted by atomic mass is 35.5. The molecule has 16 heteroatoms. The Morgan fingerprint density at radius 1 is 0.948 bits per heavy atom. The molecule has 2 aromatic carbocycles. The molecule has 3 fully saturated rings. The van der Waals surface area contributed by atoms with Crippen molar-refractivity contribution in [3.63, 3.8) is 0 Å². The summed E-state index contributed by atoms with van der Waals surface area (Å²) in [4.78, 5) is 90.4. The predicted molar refractivity (Wildman–Crippen MR) is 216 cm³/mol. The predicted octanol–water partition coefficient (Wildman–Crippen LogP) is 4.20. The van der Waals surface area contributed by atoms with Crippen LogP contribution in [0.4, 0.5) is 9.59 Å². The molecular formula is C42H54ClN7O8. The van der Waals surface area contributed by atoms with Crippen molar-refractivity contribution in [2.75, 3.05) is 19.6 Å². The number of likely N-dealkylation sites (tertiary alicyclic amines) is 2. The van der Waals surface area contributed by atoms with Crippen molar-refractivity contribution in [3.8, 4) is 0 Å². The summed E-state index contributed by atoms with van der Waals surface area (Å²) in [5.74, 6) is -2.62. The zero-order valence-corrected chi connectivity index (χ0v) is 34.2. The van der Waals surface area contributed by atoms with E-state index in [1.807, 2.05) is 70.2 Å². The Labute approximate surface area is 343 Å². The molecule has 1 saturated carbocycles.